The highest BCUT2D eigenvalue weighted by Gasteiger charge is 2.28. The van der Waals surface area contributed by atoms with E-state index in [9.17, 15) is 9.90 Å². The molecule has 2 atom stereocenters. The number of benzene rings is 2. The van der Waals surface area contributed by atoms with Gasteiger partial charge in [-0.2, -0.15) is 0 Å². The zero-order valence-corrected chi connectivity index (χ0v) is 19.9. The Morgan fingerprint density at radius 3 is 2.82 bits per heavy atom. The molecular weight excluding hydrogens is 458 g/mol. The smallest absolute Gasteiger partial charge is 0.260 e. The van der Waals surface area contributed by atoms with Crippen LogP contribution in [-0.4, -0.2) is 53.1 Å². The summed E-state index contributed by atoms with van der Waals surface area (Å²) in [6, 6.07) is 12.7. The van der Waals surface area contributed by atoms with Crippen molar-refractivity contribution in [3.63, 3.8) is 0 Å². The number of carbonyl (C=O) groups excluding carboxylic acids is 1. The number of ether oxygens (including phenoxy) is 2. The SMILES string of the molecule is Cc1ccc(NC(=O)c2cnoc2C)c(OCC(O)CN2CCCC2Oc2ccc(Cl)cc2)c1. The quantitative estimate of drug-likeness (QED) is 0.462. The minimum absolute atomic E-state index is 0.0722. The Kier molecular flexibility index (Phi) is 7.72. The maximum atomic E-state index is 12.6. The maximum absolute atomic E-state index is 12.6. The molecule has 2 N–H and O–H groups in total. The topological polar surface area (TPSA) is 97.1 Å². The van der Waals surface area contributed by atoms with Gasteiger partial charge in [-0.25, -0.2) is 0 Å². The second kappa shape index (κ2) is 10.9. The van der Waals surface area contributed by atoms with Gasteiger partial charge >= 0.3 is 0 Å². The van der Waals surface area contributed by atoms with Crippen LogP contribution in [0.3, 0.4) is 0 Å². The summed E-state index contributed by atoms with van der Waals surface area (Å²) < 4.78 is 17.0. The number of aliphatic hydroxyl groups excluding tert-OH is 1. The molecule has 0 spiro atoms. The molecule has 8 nitrogen and oxygen atoms in total. The zero-order chi connectivity index (χ0) is 24.1. The monoisotopic (exact) mass is 485 g/mol. The molecule has 1 aliphatic heterocycles. The van der Waals surface area contributed by atoms with Crippen LogP contribution in [-0.2, 0) is 0 Å². The molecule has 2 unspecified atom stereocenters. The first-order chi connectivity index (χ1) is 16.4. The van der Waals surface area contributed by atoms with Gasteiger partial charge in [0, 0.05) is 18.1 Å². The largest absolute Gasteiger partial charge is 0.489 e. The molecule has 4 rings (SSSR count). The predicted molar refractivity (Wildman–Crippen MR) is 129 cm³/mol. The molecule has 3 aromatic rings. The number of aryl methyl sites for hydroxylation is 2. The van der Waals surface area contributed by atoms with Crippen molar-refractivity contribution in [1.82, 2.24) is 10.1 Å². The second-order valence-electron chi connectivity index (χ2n) is 8.38. The summed E-state index contributed by atoms with van der Waals surface area (Å²) in [4.78, 5) is 14.7. The van der Waals surface area contributed by atoms with E-state index in [1.807, 2.05) is 31.2 Å². The molecule has 2 heterocycles. The van der Waals surface area contributed by atoms with E-state index in [0.29, 0.717) is 34.3 Å². The molecular formula is C25H28ClN3O5. The summed E-state index contributed by atoms with van der Waals surface area (Å²) in [6.45, 7) is 4.92. The van der Waals surface area contributed by atoms with Crippen molar-refractivity contribution in [1.29, 1.82) is 0 Å². The van der Waals surface area contributed by atoms with E-state index >= 15 is 0 Å². The fourth-order valence-electron chi connectivity index (χ4n) is 3.88. The molecule has 0 saturated carbocycles. The molecule has 1 saturated heterocycles. The van der Waals surface area contributed by atoms with E-state index in [0.717, 1.165) is 30.7 Å². The molecule has 1 aliphatic rings. The van der Waals surface area contributed by atoms with Gasteiger partial charge in [0.05, 0.1) is 11.9 Å². The van der Waals surface area contributed by atoms with Gasteiger partial charge in [-0.1, -0.05) is 22.8 Å². The van der Waals surface area contributed by atoms with E-state index in [-0.39, 0.29) is 18.7 Å². The number of halogens is 1. The van der Waals surface area contributed by atoms with Crippen LogP contribution >= 0.6 is 11.6 Å². The Bertz CT molecular complexity index is 1120. The van der Waals surface area contributed by atoms with E-state index < -0.39 is 6.10 Å². The molecule has 34 heavy (non-hydrogen) atoms. The molecule has 180 valence electrons. The molecule has 1 amide bonds. The van der Waals surface area contributed by atoms with Gasteiger partial charge < -0.3 is 24.4 Å². The van der Waals surface area contributed by atoms with Gasteiger partial charge in [0.15, 0.2) is 6.23 Å². The first-order valence-corrected chi connectivity index (χ1v) is 11.6. The van der Waals surface area contributed by atoms with Crippen molar-refractivity contribution < 1.29 is 23.9 Å². The van der Waals surface area contributed by atoms with Gasteiger partial charge in [0.25, 0.3) is 5.91 Å². The lowest BCUT2D eigenvalue weighted by atomic mass is 10.2. The maximum Gasteiger partial charge on any atom is 0.260 e. The van der Waals surface area contributed by atoms with Crippen LogP contribution in [0.15, 0.2) is 53.2 Å². The van der Waals surface area contributed by atoms with Gasteiger partial charge in [0.1, 0.15) is 35.5 Å². The molecule has 1 fully saturated rings. The number of aliphatic hydroxyl groups is 1. The lowest BCUT2D eigenvalue weighted by molar-refractivity contribution is 0.00915. The Morgan fingerprint density at radius 2 is 2.09 bits per heavy atom. The van der Waals surface area contributed by atoms with Crippen LogP contribution < -0.4 is 14.8 Å². The van der Waals surface area contributed by atoms with Crippen LogP contribution in [0.1, 0.15) is 34.5 Å². The van der Waals surface area contributed by atoms with Crippen LogP contribution in [0, 0.1) is 13.8 Å². The highest BCUT2D eigenvalue weighted by molar-refractivity contribution is 6.30. The van der Waals surface area contributed by atoms with Crippen LogP contribution in [0.2, 0.25) is 5.02 Å². The summed E-state index contributed by atoms with van der Waals surface area (Å²) in [5.41, 5.74) is 1.83. The number of likely N-dealkylation sites (tertiary alicyclic amines) is 1. The predicted octanol–water partition coefficient (Wildman–Crippen LogP) is 4.44. The summed E-state index contributed by atoms with van der Waals surface area (Å²) in [7, 11) is 0. The average Bonchev–Trinajstić information content (AvgIpc) is 3.44. The minimum atomic E-state index is -0.737. The van der Waals surface area contributed by atoms with Crippen molar-refractivity contribution in [2.75, 3.05) is 25.0 Å². The van der Waals surface area contributed by atoms with Crippen molar-refractivity contribution in [2.45, 2.75) is 39.0 Å². The Hall–Kier alpha value is -3.07. The highest BCUT2D eigenvalue weighted by Crippen LogP contribution is 2.28. The van der Waals surface area contributed by atoms with Crippen molar-refractivity contribution >= 4 is 23.2 Å². The van der Waals surface area contributed by atoms with Crippen molar-refractivity contribution in [2.24, 2.45) is 0 Å². The molecule has 0 aliphatic carbocycles. The number of anilines is 1. The molecule has 0 radical (unpaired) electrons. The lowest BCUT2D eigenvalue weighted by Gasteiger charge is -2.27. The average molecular weight is 486 g/mol. The number of β-amino-alcohol motifs (C(OH)–C–C–N with tert-alkyl or cyclic N) is 1. The van der Waals surface area contributed by atoms with Crippen molar-refractivity contribution in [3.8, 4) is 11.5 Å². The first kappa shape index (κ1) is 24.1. The number of hydrogen-bond acceptors (Lipinski definition) is 7. The first-order valence-electron chi connectivity index (χ1n) is 11.2. The number of hydrogen-bond donors (Lipinski definition) is 2. The fraction of sp³-hybridized carbons (Fsp3) is 0.360. The Morgan fingerprint density at radius 1 is 1.29 bits per heavy atom. The summed E-state index contributed by atoms with van der Waals surface area (Å²) in [5.74, 6) is 1.32. The number of nitrogens with zero attached hydrogens (tertiary/aromatic N) is 2. The number of aromatic nitrogens is 1. The molecule has 2 aromatic carbocycles. The van der Waals surface area contributed by atoms with E-state index in [2.05, 4.69) is 15.4 Å². The molecule has 1 aromatic heterocycles. The van der Waals surface area contributed by atoms with Gasteiger partial charge in [-0.3, -0.25) is 9.69 Å². The normalized spacial score (nSPS) is 16.9. The summed E-state index contributed by atoms with van der Waals surface area (Å²) in [6.07, 6.45) is 2.39. The van der Waals surface area contributed by atoms with Crippen LogP contribution in [0.4, 0.5) is 5.69 Å². The van der Waals surface area contributed by atoms with Crippen LogP contribution in [0.25, 0.3) is 0 Å². The third kappa shape index (κ3) is 6.08. The summed E-state index contributed by atoms with van der Waals surface area (Å²) >= 11 is 5.95. The zero-order valence-electron chi connectivity index (χ0n) is 19.2. The second-order valence-corrected chi connectivity index (χ2v) is 8.81. The molecule has 9 heteroatoms. The van der Waals surface area contributed by atoms with Crippen molar-refractivity contribution in [3.05, 3.63) is 70.6 Å². The van der Waals surface area contributed by atoms with E-state index in [1.165, 1.54) is 6.20 Å². The fourth-order valence-corrected chi connectivity index (χ4v) is 4.00. The standard InChI is InChI=1S/C25H28ClN3O5/c1-16-5-10-22(28-25(31)21-13-27-34-17(21)2)23(12-16)32-15-19(30)14-29-11-3-4-24(29)33-20-8-6-18(26)7-9-20/h5-10,12-13,19,24,30H,3-4,11,14-15H2,1-2H3,(H,28,31). The molecule has 0 bridgehead atoms. The minimum Gasteiger partial charge on any atom is -0.489 e. The van der Waals surface area contributed by atoms with Gasteiger partial charge in [0.2, 0.25) is 0 Å². The summed E-state index contributed by atoms with van der Waals surface area (Å²) in [5, 5.41) is 17.8. The third-order valence-corrected chi connectivity index (χ3v) is 5.90. The van der Waals surface area contributed by atoms with Gasteiger partial charge in [-0.05, 0) is 68.7 Å². The lowest BCUT2D eigenvalue weighted by Crippen LogP contribution is -2.41. The Labute approximate surface area is 203 Å². The Balaban J connectivity index is 1.34. The van der Waals surface area contributed by atoms with E-state index in [1.54, 1.807) is 25.1 Å². The van der Waals surface area contributed by atoms with E-state index in [4.69, 9.17) is 25.6 Å². The number of carbonyl (C=O) groups is 1. The van der Waals surface area contributed by atoms with Crippen LogP contribution in [0.5, 0.6) is 11.5 Å². The number of amides is 1. The third-order valence-electron chi connectivity index (χ3n) is 5.65. The number of nitrogens with one attached hydrogen (secondary N) is 1. The highest BCUT2D eigenvalue weighted by atomic mass is 35.5. The van der Waals surface area contributed by atoms with Gasteiger partial charge in [-0.15, -0.1) is 0 Å². The number of rotatable bonds is 9.